The number of rotatable bonds is 5. The minimum atomic E-state index is -0.588. The van der Waals surface area contributed by atoms with E-state index in [1.54, 1.807) is 0 Å². The zero-order valence-corrected chi connectivity index (χ0v) is 12.2. The molecule has 1 heterocycles. The largest absolute Gasteiger partial charge is 0.424 e. The lowest BCUT2D eigenvalue weighted by Gasteiger charge is -2.06. The number of nitro benzene ring substituents is 1. The Morgan fingerprint density at radius 1 is 1.33 bits per heavy atom. The molecule has 21 heavy (non-hydrogen) atoms. The molecule has 0 aliphatic heterocycles. The minimum Gasteiger partial charge on any atom is -0.424 e. The van der Waals surface area contributed by atoms with Crippen LogP contribution in [0.1, 0.15) is 6.92 Å². The van der Waals surface area contributed by atoms with Crippen molar-refractivity contribution in [3.05, 3.63) is 38.6 Å². The molecule has 2 rings (SSSR count). The van der Waals surface area contributed by atoms with Crippen LogP contribution in [0.2, 0.25) is 10.3 Å². The van der Waals surface area contributed by atoms with Gasteiger partial charge in [-0.25, -0.2) is 0 Å². The summed E-state index contributed by atoms with van der Waals surface area (Å²) in [7, 11) is 0. The Morgan fingerprint density at radius 3 is 2.71 bits per heavy atom. The van der Waals surface area contributed by atoms with E-state index in [0.717, 1.165) is 0 Å². The average Bonchev–Trinajstić information content (AvgIpc) is 2.37. The number of nitro groups is 1. The molecule has 0 spiro atoms. The van der Waals surface area contributed by atoms with Crippen LogP contribution in [-0.4, -0.2) is 26.4 Å². The van der Waals surface area contributed by atoms with Gasteiger partial charge in [0.1, 0.15) is 10.8 Å². The van der Waals surface area contributed by atoms with Crippen molar-refractivity contribution in [1.82, 2.24) is 15.0 Å². The molecule has 2 aromatic rings. The van der Waals surface area contributed by atoms with Crippen molar-refractivity contribution in [1.29, 1.82) is 0 Å². The minimum absolute atomic E-state index is 0.0380. The molecule has 1 N–H and O–H groups in total. The van der Waals surface area contributed by atoms with Crippen LogP contribution in [0.3, 0.4) is 0 Å². The first kappa shape index (κ1) is 15.2. The third kappa shape index (κ3) is 3.89. The highest BCUT2D eigenvalue weighted by Crippen LogP contribution is 2.30. The van der Waals surface area contributed by atoms with Crippen molar-refractivity contribution < 1.29 is 9.66 Å². The average molecular weight is 330 g/mol. The SMILES string of the molecule is CCNc1nc(Cl)nc(Oc2ccc([N+](=O)[O-])c(Cl)c2)n1. The van der Waals surface area contributed by atoms with E-state index in [0.29, 0.717) is 6.54 Å². The zero-order valence-electron chi connectivity index (χ0n) is 10.7. The number of aromatic nitrogens is 3. The Hall–Kier alpha value is -2.19. The molecule has 0 bridgehead atoms. The van der Waals surface area contributed by atoms with Crippen molar-refractivity contribution in [3.8, 4) is 11.8 Å². The number of halogens is 2. The normalized spacial score (nSPS) is 10.2. The number of anilines is 1. The molecule has 110 valence electrons. The van der Waals surface area contributed by atoms with Crippen molar-refractivity contribution in [2.24, 2.45) is 0 Å². The van der Waals surface area contributed by atoms with E-state index in [4.69, 9.17) is 27.9 Å². The summed E-state index contributed by atoms with van der Waals surface area (Å²) in [5.74, 6) is 0.510. The van der Waals surface area contributed by atoms with Gasteiger partial charge in [-0.3, -0.25) is 10.1 Å². The van der Waals surface area contributed by atoms with Crippen LogP contribution in [0.15, 0.2) is 18.2 Å². The van der Waals surface area contributed by atoms with Crippen LogP contribution in [0.4, 0.5) is 11.6 Å². The van der Waals surface area contributed by atoms with Crippen molar-refractivity contribution in [3.63, 3.8) is 0 Å². The molecule has 1 aromatic carbocycles. The number of benzene rings is 1. The highest BCUT2D eigenvalue weighted by Gasteiger charge is 2.14. The molecule has 0 aliphatic carbocycles. The molecule has 8 nitrogen and oxygen atoms in total. The molecular formula is C11H9Cl2N5O3. The van der Waals surface area contributed by atoms with E-state index in [9.17, 15) is 10.1 Å². The topological polar surface area (TPSA) is 103 Å². The van der Waals surface area contributed by atoms with Crippen LogP contribution < -0.4 is 10.1 Å². The van der Waals surface area contributed by atoms with E-state index < -0.39 is 4.92 Å². The summed E-state index contributed by atoms with van der Waals surface area (Å²) in [5.41, 5.74) is -0.217. The summed E-state index contributed by atoms with van der Waals surface area (Å²) in [6.07, 6.45) is 0. The van der Waals surface area contributed by atoms with E-state index in [1.165, 1.54) is 18.2 Å². The fourth-order valence-corrected chi connectivity index (χ4v) is 1.81. The Bertz CT molecular complexity index is 683. The number of hydrogen-bond acceptors (Lipinski definition) is 7. The number of ether oxygens (including phenoxy) is 1. The molecular weight excluding hydrogens is 321 g/mol. The summed E-state index contributed by atoms with van der Waals surface area (Å²) < 4.78 is 5.37. The van der Waals surface area contributed by atoms with Crippen molar-refractivity contribution in [2.45, 2.75) is 6.92 Å². The number of nitrogens with one attached hydrogen (secondary N) is 1. The number of nitrogens with zero attached hydrogens (tertiary/aromatic N) is 4. The molecule has 0 amide bonds. The van der Waals surface area contributed by atoms with E-state index in [1.807, 2.05) is 6.92 Å². The second-order valence-electron chi connectivity index (χ2n) is 3.71. The molecule has 10 heteroatoms. The second kappa shape index (κ2) is 6.51. The zero-order chi connectivity index (χ0) is 15.4. The Kier molecular flexibility index (Phi) is 4.71. The fourth-order valence-electron chi connectivity index (χ4n) is 1.42. The van der Waals surface area contributed by atoms with Crippen LogP contribution in [0, 0.1) is 10.1 Å². The first-order chi connectivity index (χ1) is 9.99. The van der Waals surface area contributed by atoms with Gasteiger partial charge in [0.25, 0.3) is 5.69 Å². The maximum Gasteiger partial charge on any atom is 0.328 e. The van der Waals surface area contributed by atoms with E-state index in [-0.39, 0.29) is 33.7 Å². The third-order valence-electron chi connectivity index (χ3n) is 2.25. The predicted molar refractivity (Wildman–Crippen MR) is 77.2 cm³/mol. The maximum atomic E-state index is 10.7. The van der Waals surface area contributed by atoms with E-state index >= 15 is 0 Å². The first-order valence-electron chi connectivity index (χ1n) is 5.77. The highest BCUT2D eigenvalue weighted by atomic mass is 35.5. The summed E-state index contributed by atoms with van der Waals surface area (Å²) in [6, 6.07) is 3.86. The van der Waals surface area contributed by atoms with Gasteiger partial charge in [0.15, 0.2) is 0 Å². The molecule has 1 aromatic heterocycles. The molecule has 0 aliphatic rings. The lowest BCUT2D eigenvalue weighted by atomic mass is 10.3. The quantitative estimate of drug-likeness (QED) is 0.662. The van der Waals surface area contributed by atoms with Gasteiger partial charge in [0, 0.05) is 18.7 Å². The Balaban J connectivity index is 2.25. The monoisotopic (exact) mass is 329 g/mol. The highest BCUT2D eigenvalue weighted by molar-refractivity contribution is 6.32. The first-order valence-corrected chi connectivity index (χ1v) is 6.52. The van der Waals surface area contributed by atoms with Gasteiger partial charge in [-0.1, -0.05) is 11.6 Å². The van der Waals surface area contributed by atoms with E-state index in [2.05, 4.69) is 20.3 Å². The van der Waals surface area contributed by atoms with Gasteiger partial charge < -0.3 is 10.1 Å². The second-order valence-corrected chi connectivity index (χ2v) is 4.46. The van der Waals surface area contributed by atoms with Gasteiger partial charge in [-0.05, 0) is 24.6 Å². The summed E-state index contributed by atoms with van der Waals surface area (Å²) in [5, 5.41) is 13.5. The lowest BCUT2D eigenvalue weighted by Crippen LogP contribution is -2.04. The fraction of sp³-hybridized carbons (Fsp3) is 0.182. The van der Waals surface area contributed by atoms with Gasteiger partial charge in [-0.15, -0.1) is 0 Å². The van der Waals surface area contributed by atoms with Crippen LogP contribution in [-0.2, 0) is 0 Å². The molecule has 0 fully saturated rings. The summed E-state index contributed by atoms with van der Waals surface area (Å²) >= 11 is 11.5. The lowest BCUT2D eigenvalue weighted by molar-refractivity contribution is -0.384. The smallest absolute Gasteiger partial charge is 0.328 e. The van der Waals surface area contributed by atoms with Gasteiger partial charge in [-0.2, -0.15) is 15.0 Å². The van der Waals surface area contributed by atoms with Crippen LogP contribution in [0.25, 0.3) is 0 Å². The third-order valence-corrected chi connectivity index (χ3v) is 2.72. The molecule has 0 atom stereocenters. The summed E-state index contributed by atoms with van der Waals surface area (Å²) in [6.45, 7) is 2.47. The van der Waals surface area contributed by atoms with Crippen molar-refractivity contribution >= 4 is 34.8 Å². The predicted octanol–water partition coefficient (Wildman–Crippen LogP) is 3.31. The maximum absolute atomic E-state index is 10.7. The van der Waals surface area contributed by atoms with Crippen LogP contribution >= 0.6 is 23.2 Å². The summed E-state index contributed by atoms with van der Waals surface area (Å²) in [4.78, 5) is 21.7. The Morgan fingerprint density at radius 2 is 2.10 bits per heavy atom. The molecule has 0 radical (unpaired) electrons. The van der Waals surface area contributed by atoms with Gasteiger partial charge in [0.2, 0.25) is 11.2 Å². The number of hydrogen-bond donors (Lipinski definition) is 1. The van der Waals surface area contributed by atoms with Crippen LogP contribution in [0.5, 0.6) is 11.8 Å². The van der Waals surface area contributed by atoms with Crippen molar-refractivity contribution in [2.75, 3.05) is 11.9 Å². The standard InChI is InChI=1S/C11H9Cl2N5O3/c1-2-14-10-15-9(13)16-11(17-10)21-6-3-4-8(18(19)20)7(12)5-6/h3-5H,2H2,1H3,(H,14,15,16,17). The Labute approximate surface area is 129 Å². The van der Waals surface area contributed by atoms with Gasteiger partial charge in [0.05, 0.1) is 4.92 Å². The molecule has 0 saturated heterocycles. The molecule has 0 unspecified atom stereocenters. The molecule has 0 saturated carbocycles. The van der Waals surface area contributed by atoms with Gasteiger partial charge >= 0.3 is 6.01 Å².